The number of aromatic nitrogens is 2. The highest BCUT2D eigenvalue weighted by Gasteiger charge is 2.29. The van der Waals surface area contributed by atoms with Gasteiger partial charge in [-0.15, -0.1) is 0 Å². The van der Waals surface area contributed by atoms with Crippen molar-refractivity contribution >= 4 is 40.8 Å². The van der Waals surface area contributed by atoms with Crippen LogP contribution in [-0.2, 0) is 8.53 Å². The average Bonchev–Trinajstić information content (AvgIpc) is 2.52. The topological polar surface area (TPSA) is 61.3 Å². The third-order valence-corrected chi connectivity index (χ3v) is 3.32. The molecule has 0 spiro atoms. The zero-order valence-electron chi connectivity index (χ0n) is 11.6. The lowest BCUT2D eigenvalue weighted by Crippen LogP contribution is -2.13. The fraction of sp³-hybridized carbons (Fsp3) is 0.214. The van der Waals surface area contributed by atoms with Crippen LogP contribution in [-0.4, -0.2) is 30.2 Å². The van der Waals surface area contributed by atoms with Crippen molar-refractivity contribution in [2.24, 2.45) is 0 Å². The van der Waals surface area contributed by atoms with Crippen LogP contribution >= 0.6 is 34.8 Å². The zero-order chi connectivity index (χ0) is 16.3. The van der Waals surface area contributed by atoms with Crippen LogP contribution in [0.1, 0.15) is 16.2 Å². The fourth-order valence-corrected chi connectivity index (χ4v) is 2.02. The van der Waals surface area contributed by atoms with Crippen molar-refractivity contribution in [1.82, 2.24) is 9.97 Å². The van der Waals surface area contributed by atoms with Gasteiger partial charge in [0.25, 0.3) is 0 Å². The van der Waals surface area contributed by atoms with E-state index >= 15 is 0 Å². The van der Waals surface area contributed by atoms with Crippen LogP contribution in [0.5, 0.6) is 5.75 Å². The van der Waals surface area contributed by atoms with Crippen LogP contribution in [0, 0.1) is 0 Å². The van der Waals surface area contributed by atoms with Crippen molar-refractivity contribution in [3.05, 3.63) is 41.9 Å². The first-order chi connectivity index (χ1) is 10.4. The summed E-state index contributed by atoms with van der Waals surface area (Å²) in [6.45, 7) is 0. The van der Waals surface area contributed by atoms with Crippen molar-refractivity contribution in [2.45, 2.75) is 3.79 Å². The first kappa shape index (κ1) is 16.8. The molecule has 0 saturated heterocycles. The molecular weight excluding hydrogens is 351 g/mol. The molecule has 5 nitrogen and oxygen atoms in total. The summed E-state index contributed by atoms with van der Waals surface area (Å²) >= 11 is 17.4. The van der Waals surface area contributed by atoms with Crippen molar-refractivity contribution in [3.63, 3.8) is 0 Å². The van der Waals surface area contributed by atoms with Gasteiger partial charge in [0.2, 0.25) is 3.79 Å². The van der Waals surface area contributed by atoms with Crippen molar-refractivity contribution in [3.8, 4) is 17.0 Å². The molecule has 0 unspecified atom stereocenters. The molecule has 0 aliphatic heterocycles. The van der Waals surface area contributed by atoms with Crippen LogP contribution in [0.25, 0.3) is 11.3 Å². The molecule has 0 bridgehead atoms. The molecule has 0 saturated carbocycles. The van der Waals surface area contributed by atoms with Gasteiger partial charge in [-0.2, -0.15) is 0 Å². The van der Waals surface area contributed by atoms with Crippen LogP contribution in [0.15, 0.2) is 30.5 Å². The number of hydrogen-bond donors (Lipinski definition) is 0. The molecule has 2 aromatic rings. The molecule has 0 aliphatic rings. The monoisotopic (exact) mass is 360 g/mol. The number of alkyl halides is 3. The van der Waals surface area contributed by atoms with E-state index in [9.17, 15) is 4.79 Å². The van der Waals surface area contributed by atoms with Gasteiger partial charge in [-0.25, -0.2) is 14.8 Å². The molecule has 0 N–H and O–H groups in total. The Bertz CT molecular complexity index is 685. The Labute approximate surface area is 142 Å². The van der Waals surface area contributed by atoms with Crippen LogP contribution < -0.4 is 4.74 Å². The smallest absolute Gasteiger partial charge is 0.341 e. The number of methoxy groups -OCH3 is 2. The summed E-state index contributed by atoms with van der Waals surface area (Å²) in [5, 5.41) is 0. The quantitative estimate of drug-likeness (QED) is 0.615. The number of carbonyl (C=O) groups is 1. The second-order valence-corrected chi connectivity index (χ2v) is 6.45. The van der Waals surface area contributed by atoms with Gasteiger partial charge in [-0.1, -0.05) is 34.8 Å². The van der Waals surface area contributed by atoms with Crippen molar-refractivity contribution < 1.29 is 14.3 Å². The Kier molecular flexibility index (Phi) is 5.11. The first-order valence-corrected chi connectivity index (χ1v) is 7.17. The Hall–Kier alpha value is -1.56. The lowest BCUT2D eigenvalue weighted by molar-refractivity contribution is 0.0600. The molecule has 0 atom stereocenters. The Morgan fingerprint density at radius 1 is 1.14 bits per heavy atom. The number of rotatable bonds is 3. The minimum Gasteiger partial charge on any atom is -0.497 e. The summed E-state index contributed by atoms with van der Waals surface area (Å²) in [7, 11) is 2.82. The number of carbonyl (C=O) groups excluding carboxylic acids is 1. The summed E-state index contributed by atoms with van der Waals surface area (Å²) < 4.78 is 8.02. The van der Waals surface area contributed by atoms with Gasteiger partial charge in [0.05, 0.1) is 19.9 Å². The maximum absolute atomic E-state index is 11.9. The summed E-state index contributed by atoms with van der Waals surface area (Å²) in [6, 6.07) is 6.92. The molecule has 116 valence electrons. The van der Waals surface area contributed by atoms with Crippen LogP contribution in [0.4, 0.5) is 0 Å². The van der Waals surface area contributed by atoms with E-state index in [0.29, 0.717) is 17.0 Å². The Morgan fingerprint density at radius 2 is 1.77 bits per heavy atom. The van der Waals surface area contributed by atoms with Gasteiger partial charge < -0.3 is 9.47 Å². The first-order valence-electron chi connectivity index (χ1n) is 6.03. The molecule has 0 aliphatic carbocycles. The van der Waals surface area contributed by atoms with Gasteiger partial charge in [0.15, 0.2) is 5.82 Å². The lowest BCUT2D eigenvalue weighted by Gasteiger charge is -2.13. The van der Waals surface area contributed by atoms with Crippen LogP contribution in [0.2, 0.25) is 0 Å². The fourth-order valence-electron chi connectivity index (χ4n) is 1.75. The standard InChI is InChI=1S/C14H11Cl3N2O3/c1-21-9-5-3-8(4-6-9)11-10(12(20)22-2)7-18-13(19-11)14(15,16)17/h3-7H,1-2H3. The molecule has 1 heterocycles. The summed E-state index contributed by atoms with van der Waals surface area (Å²) in [5.41, 5.74) is 1.12. The van der Waals surface area contributed by atoms with Gasteiger partial charge in [-0.3, -0.25) is 0 Å². The third-order valence-electron chi connectivity index (χ3n) is 2.81. The molecule has 1 aromatic heterocycles. The molecular formula is C14H11Cl3N2O3. The summed E-state index contributed by atoms with van der Waals surface area (Å²) in [6.07, 6.45) is 1.27. The second-order valence-electron chi connectivity index (χ2n) is 4.17. The number of nitrogens with zero attached hydrogens (tertiary/aromatic N) is 2. The molecule has 0 fully saturated rings. The summed E-state index contributed by atoms with van der Waals surface area (Å²) in [5.74, 6) is 0.0525. The van der Waals surface area contributed by atoms with E-state index < -0.39 is 9.76 Å². The third kappa shape index (κ3) is 3.61. The van der Waals surface area contributed by atoms with Gasteiger partial charge in [-0.05, 0) is 24.3 Å². The highest BCUT2D eigenvalue weighted by Crippen LogP contribution is 2.37. The minimum absolute atomic E-state index is 0.0315. The molecule has 22 heavy (non-hydrogen) atoms. The van der Waals surface area contributed by atoms with E-state index in [1.54, 1.807) is 31.4 Å². The van der Waals surface area contributed by atoms with E-state index in [4.69, 9.17) is 44.3 Å². The average molecular weight is 362 g/mol. The highest BCUT2D eigenvalue weighted by molar-refractivity contribution is 6.66. The number of hydrogen-bond acceptors (Lipinski definition) is 5. The number of esters is 1. The molecule has 8 heteroatoms. The largest absolute Gasteiger partial charge is 0.497 e. The van der Waals surface area contributed by atoms with Gasteiger partial charge in [0.1, 0.15) is 11.3 Å². The SMILES string of the molecule is COC(=O)c1cnc(C(Cl)(Cl)Cl)nc1-c1ccc(OC)cc1. The van der Waals surface area contributed by atoms with Gasteiger partial charge in [0, 0.05) is 11.8 Å². The van der Waals surface area contributed by atoms with E-state index in [2.05, 4.69) is 9.97 Å². The summed E-state index contributed by atoms with van der Waals surface area (Å²) in [4.78, 5) is 20.0. The highest BCUT2D eigenvalue weighted by atomic mass is 35.6. The molecule has 0 radical (unpaired) electrons. The van der Waals surface area contributed by atoms with Gasteiger partial charge >= 0.3 is 5.97 Å². The minimum atomic E-state index is -1.80. The molecule has 2 rings (SSSR count). The molecule has 0 amide bonds. The predicted molar refractivity (Wildman–Crippen MR) is 84.6 cm³/mol. The lowest BCUT2D eigenvalue weighted by atomic mass is 10.1. The molecule has 1 aromatic carbocycles. The maximum atomic E-state index is 11.9. The Morgan fingerprint density at radius 3 is 2.27 bits per heavy atom. The predicted octanol–water partition coefficient (Wildman–Crippen LogP) is 3.77. The van der Waals surface area contributed by atoms with E-state index in [0.717, 1.165) is 0 Å². The second kappa shape index (κ2) is 6.69. The maximum Gasteiger partial charge on any atom is 0.341 e. The zero-order valence-corrected chi connectivity index (χ0v) is 13.9. The van der Waals surface area contributed by atoms with Crippen molar-refractivity contribution in [1.29, 1.82) is 0 Å². The number of benzene rings is 1. The van der Waals surface area contributed by atoms with Crippen molar-refractivity contribution in [2.75, 3.05) is 14.2 Å². The van der Waals surface area contributed by atoms with E-state index in [-0.39, 0.29) is 11.4 Å². The number of halogens is 3. The number of ether oxygens (including phenoxy) is 2. The van der Waals surface area contributed by atoms with E-state index in [1.165, 1.54) is 13.3 Å². The van der Waals surface area contributed by atoms with Crippen LogP contribution in [0.3, 0.4) is 0 Å². The van der Waals surface area contributed by atoms with E-state index in [1.807, 2.05) is 0 Å². The normalized spacial score (nSPS) is 11.1. The Balaban J connectivity index is 2.60.